The third-order valence-corrected chi connectivity index (χ3v) is 4.64. The molecule has 0 bridgehead atoms. The van der Waals surface area contributed by atoms with Crippen LogP contribution in [-0.2, 0) is 23.8 Å². The lowest BCUT2D eigenvalue weighted by Crippen LogP contribution is -2.19. The Morgan fingerprint density at radius 2 is 1.07 bits per heavy atom. The van der Waals surface area contributed by atoms with Gasteiger partial charge in [-0.1, -0.05) is 85.0 Å². The first kappa shape index (κ1) is 26.9. The van der Waals surface area contributed by atoms with Gasteiger partial charge in [0, 0.05) is 0 Å². The molecule has 0 rings (SSSR count). The van der Waals surface area contributed by atoms with Crippen molar-refractivity contribution in [1.29, 1.82) is 0 Å². The molecule has 0 aromatic carbocycles. The molecular weight excluding hydrogens is 356 g/mol. The fraction of sp³-hybridized carbons (Fsp3) is 0.913. The highest BCUT2D eigenvalue weighted by atomic mass is 16.6. The molecule has 0 atom stereocenters. The summed E-state index contributed by atoms with van der Waals surface area (Å²) >= 11 is 0. The van der Waals surface area contributed by atoms with Crippen LogP contribution in [0.2, 0.25) is 0 Å². The number of ether oxygens (including phenoxy) is 3. The van der Waals surface area contributed by atoms with Crippen LogP contribution < -0.4 is 0 Å². The predicted molar refractivity (Wildman–Crippen MR) is 113 cm³/mol. The van der Waals surface area contributed by atoms with Gasteiger partial charge in [0.25, 0.3) is 0 Å². The Morgan fingerprint density at radius 3 is 1.54 bits per heavy atom. The van der Waals surface area contributed by atoms with Gasteiger partial charge < -0.3 is 14.2 Å². The maximum absolute atomic E-state index is 11.5. The maximum Gasteiger partial charge on any atom is 0.332 e. The van der Waals surface area contributed by atoms with Crippen molar-refractivity contribution < 1.29 is 23.8 Å². The molecule has 0 saturated carbocycles. The predicted octanol–water partition coefficient (Wildman–Crippen LogP) is 5.84. The minimum absolute atomic E-state index is 0.195. The van der Waals surface area contributed by atoms with E-state index in [-0.39, 0.29) is 13.2 Å². The topological polar surface area (TPSA) is 61.8 Å². The number of carbonyl (C=O) groups is 2. The van der Waals surface area contributed by atoms with Crippen LogP contribution >= 0.6 is 0 Å². The highest BCUT2D eigenvalue weighted by molar-refractivity contribution is 5.73. The fourth-order valence-electron chi connectivity index (χ4n) is 2.93. The number of hydrogen-bond acceptors (Lipinski definition) is 5. The Kier molecular flexibility index (Phi) is 19.8. The molecule has 0 heterocycles. The van der Waals surface area contributed by atoms with Crippen molar-refractivity contribution in [2.24, 2.45) is 5.92 Å². The summed E-state index contributed by atoms with van der Waals surface area (Å²) in [6.07, 6.45) is 15.8. The Labute approximate surface area is 172 Å². The van der Waals surface area contributed by atoms with Gasteiger partial charge in [0.15, 0.2) is 0 Å². The number of rotatable bonds is 20. The smallest absolute Gasteiger partial charge is 0.332 e. The van der Waals surface area contributed by atoms with Crippen LogP contribution in [-0.4, -0.2) is 38.4 Å². The minimum atomic E-state index is -0.429. The third kappa shape index (κ3) is 21.2. The number of esters is 2. The van der Waals surface area contributed by atoms with Crippen LogP contribution in [0.15, 0.2) is 0 Å². The largest absolute Gasteiger partial charge is 0.464 e. The van der Waals surface area contributed by atoms with Crippen molar-refractivity contribution in [2.45, 2.75) is 104 Å². The zero-order chi connectivity index (χ0) is 20.9. The first-order valence-electron chi connectivity index (χ1n) is 11.4. The lowest BCUT2D eigenvalue weighted by Gasteiger charge is -2.07. The maximum atomic E-state index is 11.5. The first-order chi connectivity index (χ1) is 13.6. The van der Waals surface area contributed by atoms with Crippen LogP contribution in [0.1, 0.15) is 104 Å². The molecule has 166 valence electrons. The molecule has 0 aromatic rings. The normalized spacial score (nSPS) is 11.0. The molecule has 0 unspecified atom stereocenters. The Hall–Kier alpha value is -1.10. The van der Waals surface area contributed by atoms with E-state index < -0.39 is 11.9 Å². The highest BCUT2D eigenvalue weighted by Crippen LogP contribution is 2.11. The molecule has 0 radical (unpaired) electrons. The molecule has 5 nitrogen and oxygen atoms in total. The van der Waals surface area contributed by atoms with E-state index in [1.54, 1.807) is 0 Å². The lowest BCUT2D eigenvalue weighted by molar-refractivity contribution is -0.155. The Bertz CT molecular complexity index is 368. The van der Waals surface area contributed by atoms with E-state index in [0.29, 0.717) is 19.1 Å². The van der Waals surface area contributed by atoms with Crippen molar-refractivity contribution in [2.75, 3.05) is 26.4 Å². The Balaban J connectivity index is 3.30. The lowest BCUT2D eigenvalue weighted by atomic mass is 10.1. The standard InChI is InChI=1S/C23H44O5/c1-4-5-6-7-8-9-10-11-12-13-14-17-27-22(24)19-26-20-23(25)28-18-15-16-21(2)3/h21H,4-20H2,1-3H3. The van der Waals surface area contributed by atoms with Gasteiger partial charge in [-0.15, -0.1) is 0 Å². The quantitative estimate of drug-likeness (QED) is 0.190. The molecule has 0 aliphatic carbocycles. The third-order valence-electron chi connectivity index (χ3n) is 4.64. The van der Waals surface area contributed by atoms with E-state index in [1.165, 1.54) is 57.8 Å². The van der Waals surface area contributed by atoms with Crippen LogP contribution in [0.5, 0.6) is 0 Å². The van der Waals surface area contributed by atoms with E-state index in [4.69, 9.17) is 14.2 Å². The van der Waals surface area contributed by atoms with Gasteiger partial charge in [0.1, 0.15) is 13.2 Å². The number of unbranched alkanes of at least 4 members (excludes halogenated alkanes) is 10. The Morgan fingerprint density at radius 1 is 0.643 bits per heavy atom. The monoisotopic (exact) mass is 400 g/mol. The molecule has 0 N–H and O–H groups in total. The molecule has 0 saturated heterocycles. The number of carbonyl (C=O) groups excluding carboxylic acids is 2. The average Bonchev–Trinajstić information content (AvgIpc) is 2.66. The van der Waals surface area contributed by atoms with Gasteiger partial charge in [0.05, 0.1) is 13.2 Å². The second-order valence-corrected chi connectivity index (χ2v) is 8.01. The molecule has 0 aliphatic heterocycles. The van der Waals surface area contributed by atoms with Crippen LogP contribution in [0.4, 0.5) is 0 Å². The molecule has 0 fully saturated rings. The molecule has 0 amide bonds. The second-order valence-electron chi connectivity index (χ2n) is 8.01. The first-order valence-corrected chi connectivity index (χ1v) is 11.4. The van der Waals surface area contributed by atoms with Crippen LogP contribution in [0.3, 0.4) is 0 Å². The summed E-state index contributed by atoms with van der Waals surface area (Å²) in [6, 6.07) is 0. The summed E-state index contributed by atoms with van der Waals surface area (Å²) in [4.78, 5) is 23.0. The molecule has 0 aromatic heterocycles. The molecular formula is C23H44O5. The van der Waals surface area contributed by atoms with Crippen LogP contribution in [0, 0.1) is 5.92 Å². The van der Waals surface area contributed by atoms with Crippen molar-refractivity contribution >= 4 is 11.9 Å². The van der Waals surface area contributed by atoms with Gasteiger partial charge >= 0.3 is 11.9 Å². The van der Waals surface area contributed by atoms with E-state index >= 15 is 0 Å². The summed E-state index contributed by atoms with van der Waals surface area (Å²) in [5, 5.41) is 0. The van der Waals surface area contributed by atoms with Crippen molar-refractivity contribution in [3.05, 3.63) is 0 Å². The van der Waals surface area contributed by atoms with E-state index in [9.17, 15) is 9.59 Å². The highest BCUT2D eigenvalue weighted by Gasteiger charge is 2.07. The zero-order valence-electron chi connectivity index (χ0n) is 18.6. The van der Waals surface area contributed by atoms with Gasteiger partial charge in [-0.05, 0) is 25.2 Å². The fourth-order valence-corrected chi connectivity index (χ4v) is 2.93. The summed E-state index contributed by atoms with van der Waals surface area (Å²) in [7, 11) is 0. The minimum Gasteiger partial charge on any atom is -0.464 e. The average molecular weight is 401 g/mol. The summed E-state index contributed by atoms with van der Waals surface area (Å²) < 4.78 is 15.2. The number of hydrogen-bond donors (Lipinski definition) is 0. The summed E-state index contributed by atoms with van der Waals surface area (Å²) in [5.74, 6) is -0.244. The van der Waals surface area contributed by atoms with Crippen molar-refractivity contribution in [3.8, 4) is 0 Å². The second kappa shape index (κ2) is 20.6. The van der Waals surface area contributed by atoms with E-state index in [0.717, 1.165) is 25.7 Å². The van der Waals surface area contributed by atoms with Gasteiger partial charge in [-0.2, -0.15) is 0 Å². The van der Waals surface area contributed by atoms with Gasteiger partial charge in [-0.3, -0.25) is 0 Å². The van der Waals surface area contributed by atoms with Gasteiger partial charge in [-0.25, -0.2) is 9.59 Å². The SMILES string of the molecule is CCCCCCCCCCCCCOC(=O)COCC(=O)OCCCC(C)C. The summed E-state index contributed by atoms with van der Waals surface area (Å²) in [5.41, 5.74) is 0. The van der Waals surface area contributed by atoms with Crippen LogP contribution in [0.25, 0.3) is 0 Å². The van der Waals surface area contributed by atoms with E-state index in [1.807, 2.05) is 0 Å². The van der Waals surface area contributed by atoms with Gasteiger partial charge in [0.2, 0.25) is 0 Å². The molecule has 0 aliphatic rings. The van der Waals surface area contributed by atoms with E-state index in [2.05, 4.69) is 20.8 Å². The zero-order valence-corrected chi connectivity index (χ0v) is 18.6. The van der Waals surface area contributed by atoms with Crippen molar-refractivity contribution in [3.63, 3.8) is 0 Å². The molecule has 5 heteroatoms. The molecule has 28 heavy (non-hydrogen) atoms. The summed E-state index contributed by atoms with van der Waals surface area (Å²) in [6.45, 7) is 6.95. The van der Waals surface area contributed by atoms with Crippen molar-refractivity contribution in [1.82, 2.24) is 0 Å². The molecule has 0 spiro atoms.